The third-order valence-corrected chi connectivity index (χ3v) is 6.04. The smallest absolute Gasteiger partial charge is 0.258 e. The van der Waals surface area contributed by atoms with Crippen LogP contribution < -0.4 is 4.74 Å². The summed E-state index contributed by atoms with van der Waals surface area (Å²) in [6.07, 6.45) is 4.74. The van der Waals surface area contributed by atoms with Crippen molar-refractivity contribution in [1.29, 1.82) is 0 Å². The summed E-state index contributed by atoms with van der Waals surface area (Å²) in [4.78, 5) is 9.42. The maximum atomic E-state index is 9.61. The SMILES string of the molecule is CCc1cc(-c2noc(-c3cc(C)nc(C4CCCC4)c3)n2)cc(C)c1OC[C@@H](O)CO. The Morgan fingerprint density at radius 1 is 1.09 bits per heavy atom. The van der Waals surface area contributed by atoms with Crippen molar-refractivity contribution in [3.63, 3.8) is 0 Å². The van der Waals surface area contributed by atoms with Gasteiger partial charge in [0.25, 0.3) is 5.89 Å². The number of aryl methyl sites for hydroxylation is 3. The van der Waals surface area contributed by atoms with Gasteiger partial charge < -0.3 is 19.5 Å². The zero-order valence-electron chi connectivity index (χ0n) is 19.0. The molecule has 3 aromatic rings. The average molecular weight is 438 g/mol. The summed E-state index contributed by atoms with van der Waals surface area (Å²) in [6, 6.07) is 8.02. The molecular weight excluding hydrogens is 406 g/mol. The number of aliphatic hydroxyl groups is 2. The molecule has 1 aliphatic carbocycles. The van der Waals surface area contributed by atoms with Gasteiger partial charge in [0, 0.05) is 28.4 Å². The molecule has 0 radical (unpaired) electrons. The zero-order valence-corrected chi connectivity index (χ0v) is 19.0. The molecule has 0 saturated heterocycles. The standard InChI is InChI=1S/C25H31N3O4/c1-4-17-11-19(9-15(2)23(17)31-14-21(30)13-29)24-27-25(32-28-24)20-10-16(3)26-22(12-20)18-7-5-6-8-18/h9-12,18,21,29-30H,4-8,13-14H2,1-3H3/t21-/m0/s1. The summed E-state index contributed by atoms with van der Waals surface area (Å²) in [6.45, 7) is 5.70. The number of benzene rings is 1. The molecule has 0 unspecified atom stereocenters. The Hall–Kier alpha value is -2.77. The van der Waals surface area contributed by atoms with Gasteiger partial charge in [-0.15, -0.1) is 0 Å². The second kappa shape index (κ2) is 9.79. The van der Waals surface area contributed by atoms with Crippen LogP contribution in [0, 0.1) is 13.8 Å². The largest absolute Gasteiger partial charge is 0.490 e. The molecule has 0 amide bonds. The maximum absolute atomic E-state index is 9.61. The molecule has 1 fully saturated rings. The molecular formula is C25H31N3O4. The van der Waals surface area contributed by atoms with Crippen LogP contribution in [-0.2, 0) is 6.42 Å². The first-order chi connectivity index (χ1) is 15.5. The van der Waals surface area contributed by atoms with Crippen molar-refractivity contribution in [2.45, 2.75) is 64.9 Å². The number of pyridine rings is 1. The van der Waals surface area contributed by atoms with Crippen molar-refractivity contribution in [1.82, 2.24) is 15.1 Å². The fourth-order valence-electron chi connectivity index (χ4n) is 4.38. The molecule has 2 aromatic heterocycles. The van der Waals surface area contributed by atoms with Gasteiger partial charge in [0.2, 0.25) is 5.82 Å². The van der Waals surface area contributed by atoms with Gasteiger partial charge in [-0.1, -0.05) is 24.9 Å². The first-order valence-corrected chi connectivity index (χ1v) is 11.4. The van der Waals surface area contributed by atoms with Gasteiger partial charge in [0.05, 0.1) is 6.61 Å². The second-order valence-corrected chi connectivity index (χ2v) is 8.61. The van der Waals surface area contributed by atoms with E-state index in [1.165, 1.54) is 25.7 Å². The van der Waals surface area contributed by atoms with Crippen molar-refractivity contribution in [2.75, 3.05) is 13.2 Å². The van der Waals surface area contributed by atoms with E-state index in [0.29, 0.717) is 17.6 Å². The number of nitrogens with zero attached hydrogens (tertiary/aromatic N) is 3. The Bertz CT molecular complexity index is 1070. The first kappa shape index (κ1) is 22.4. The number of hydrogen-bond donors (Lipinski definition) is 2. The molecule has 1 atom stereocenters. The van der Waals surface area contributed by atoms with Gasteiger partial charge in [-0.3, -0.25) is 4.98 Å². The van der Waals surface area contributed by atoms with Gasteiger partial charge in [-0.25, -0.2) is 0 Å². The van der Waals surface area contributed by atoms with Gasteiger partial charge in [0.15, 0.2) is 0 Å². The lowest BCUT2D eigenvalue weighted by molar-refractivity contribution is 0.0531. The van der Waals surface area contributed by atoms with E-state index < -0.39 is 6.10 Å². The lowest BCUT2D eigenvalue weighted by Gasteiger charge is -2.16. The number of aromatic nitrogens is 3. The number of hydrogen-bond acceptors (Lipinski definition) is 7. The Kier molecular flexibility index (Phi) is 6.86. The Morgan fingerprint density at radius 3 is 2.59 bits per heavy atom. The Morgan fingerprint density at radius 2 is 1.88 bits per heavy atom. The molecule has 0 bridgehead atoms. The third-order valence-electron chi connectivity index (χ3n) is 6.04. The predicted molar refractivity (Wildman–Crippen MR) is 122 cm³/mol. The van der Waals surface area contributed by atoms with Crippen LogP contribution in [0.4, 0.5) is 0 Å². The van der Waals surface area contributed by atoms with Gasteiger partial charge in [0.1, 0.15) is 18.5 Å². The van der Waals surface area contributed by atoms with E-state index in [1.807, 2.05) is 39.0 Å². The minimum Gasteiger partial charge on any atom is -0.490 e. The molecule has 32 heavy (non-hydrogen) atoms. The van der Waals surface area contributed by atoms with Gasteiger partial charge in [-0.2, -0.15) is 4.98 Å². The number of rotatable bonds is 8. The van der Waals surface area contributed by atoms with Crippen LogP contribution in [0.3, 0.4) is 0 Å². The lowest BCUT2D eigenvalue weighted by Crippen LogP contribution is -2.22. The van der Waals surface area contributed by atoms with Crippen molar-refractivity contribution in [3.8, 4) is 28.6 Å². The highest BCUT2D eigenvalue weighted by Gasteiger charge is 2.21. The van der Waals surface area contributed by atoms with Crippen molar-refractivity contribution < 1.29 is 19.5 Å². The molecule has 7 nitrogen and oxygen atoms in total. The topological polar surface area (TPSA) is 102 Å². The van der Waals surface area contributed by atoms with Gasteiger partial charge in [-0.05, 0) is 68.5 Å². The Labute approximate surface area is 188 Å². The number of ether oxygens (including phenoxy) is 1. The van der Waals surface area contributed by atoms with Crippen LogP contribution in [0.5, 0.6) is 5.75 Å². The molecule has 170 valence electrons. The molecule has 1 aliphatic rings. The van der Waals surface area contributed by atoms with E-state index in [0.717, 1.165) is 45.8 Å². The first-order valence-electron chi connectivity index (χ1n) is 11.4. The summed E-state index contributed by atoms with van der Waals surface area (Å²) in [5.41, 5.74) is 5.74. The van der Waals surface area contributed by atoms with Crippen LogP contribution in [-0.4, -0.2) is 44.7 Å². The Balaban J connectivity index is 1.62. The average Bonchev–Trinajstić information content (AvgIpc) is 3.49. The van der Waals surface area contributed by atoms with Crippen LogP contribution in [0.15, 0.2) is 28.8 Å². The van der Waals surface area contributed by atoms with Crippen molar-refractivity contribution >= 4 is 0 Å². The monoisotopic (exact) mass is 437 g/mol. The molecule has 1 aromatic carbocycles. The highest BCUT2D eigenvalue weighted by atomic mass is 16.5. The van der Waals surface area contributed by atoms with E-state index in [-0.39, 0.29) is 13.2 Å². The van der Waals surface area contributed by atoms with Crippen molar-refractivity contribution in [3.05, 3.63) is 46.8 Å². The summed E-state index contributed by atoms with van der Waals surface area (Å²) in [5.74, 6) is 2.25. The normalized spacial score (nSPS) is 15.3. The second-order valence-electron chi connectivity index (χ2n) is 8.61. The molecule has 0 aliphatic heterocycles. The van der Waals surface area contributed by atoms with Crippen molar-refractivity contribution in [2.24, 2.45) is 0 Å². The summed E-state index contributed by atoms with van der Waals surface area (Å²) in [5, 5.41) is 22.9. The molecule has 2 N–H and O–H groups in total. The lowest BCUT2D eigenvalue weighted by atomic mass is 10.0. The third kappa shape index (κ3) is 4.84. The fraction of sp³-hybridized carbons (Fsp3) is 0.480. The summed E-state index contributed by atoms with van der Waals surface area (Å²) >= 11 is 0. The van der Waals surface area contributed by atoms with E-state index in [2.05, 4.69) is 16.2 Å². The zero-order chi connectivity index (χ0) is 22.7. The van der Waals surface area contributed by atoms with Crippen LogP contribution >= 0.6 is 0 Å². The highest BCUT2D eigenvalue weighted by molar-refractivity contribution is 5.64. The van der Waals surface area contributed by atoms with E-state index >= 15 is 0 Å². The van der Waals surface area contributed by atoms with Crippen LogP contribution in [0.25, 0.3) is 22.8 Å². The molecule has 0 spiro atoms. The predicted octanol–water partition coefficient (Wildman–Crippen LogP) is 4.37. The summed E-state index contributed by atoms with van der Waals surface area (Å²) < 4.78 is 11.4. The maximum Gasteiger partial charge on any atom is 0.258 e. The van der Waals surface area contributed by atoms with E-state index in [4.69, 9.17) is 19.4 Å². The quantitative estimate of drug-likeness (QED) is 0.540. The molecule has 2 heterocycles. The van der Waals surface area contributed by atoms with E-state index in [9.17, 15) is 5.11 Å². The molecule has 7 heteroatoms. The number of aliphatic hydroxyl groups excluding tert-OH is 2. The van der Waals surface area contributed by atoms with Crippen LogP contribution in [0.1, 0.15) is 61.0 Å². The molecule has 1 saturated carbocycles. The minimum absolute atomic E-state index is 0.0424. The summed E-state index contributed by atoms with van der Waals surface area (Å²) in [7, 11) is 0. The van der Waals surface area contributed by atoms with E-state index in [1.54, 1.807) is 0 Å². The van der Waals surface area contributed by atoms with Crippen LogP contribution in [0.2, 0.25) is 0 Å². The molecule has 4 rings (SSSR count). The highest BCUT2D eigenvalue weighted by Crippen LogP contribution is 2.35. The fourth-order valence-corrected chi connectivity index (χ4v) is 4.38. The minimum atomic E-state index is -0.906. The van der Waals surface area contributed by atoms with Gasteiger partial charge >= 0.3 is 0 Å².